The fourth-order valence-corrected chi connectivity index (χ4v) is 1.24. The van der Waals surface area contributed by atoms with Crippen LogP contribution in [0.5, 0.6) is 0 Å². The van der Waals surface area contributed by atoms with Crippen LogP contribution in [0.1, 0.15) is 19.8 Å². The third-order valence-electron chi connectivity index (χ3n) is 1.53. The van der Waals surface area contributed by atoms with Crippen LogP contribution in [-0.2, 0) is 0 Å². The van der Waals surface area contributed by atoms with Gasteiger partial charge in [-0.25, -0.2) is 0 Å². The highest BCUT2D eigenvalue weighted by Crippen LogP contribution is 2.17. The molecule has 0 aromatic heterocycles. The Labute approximate surface area is 64.8 Å². The number of hydrogen-bond acceptors (Lipinski definition) is 0. The van der Waals surface area contributed by atoms with Crippen molar-refractivity contribution in [3.8, 4) is 0 Å². The van der Waals surface area contributed by atoms with Gasteiger partial charge in [-0.3, -0.25) is 0 Å². The molecule has 1 aliphatic rings. The van der Waals surface area contributed by atoms with Crippen LogP contribution in [0.25, 0.3) is 0 Å². The van der Waals surface area contributed by atoms with Crippen LogP contribution in [0.2, 0.25) is 0 Å². The summed E-state index contributed by atoms with van der Waals surface area (Å²) in [5.41, 5.74) is 1.46. The first-order chi connectivity index (χ1) is 4.33. The summed E-state index contributed by atoms with van der Waals surface area (Å²) in [6, 6.07) is 0. The average Bonchev–Trinajstić information content (AvgIpc) is 1.90. The first-order valence-corrected chi connectivity index (χ1v) is 4.26. The number of alkyl halides is 1. The lowest BCUT2D eigenvalue weighted by atomic mass is 10.1. The van der Waals surface area contributed by atoms with E-state index in [9.17, 15) is 0 Å². The minimum absolute atomic E-state index is 0.577. The summed E-state index contributed by atoms with van der Waals surface area (Å²) in [5, 5.41) is 0. The molecule has 0 amide bonds. The van der Waals surface area contributed by atoms with E-state index in [2.05, 4.69) is 41.1 Å². The Bertz CT molecular complexity index is 145. The van der Waals surface area contributed by atoms with Crippen molar-refractivity contribution in [1.29, 1.82) is 0 Å². The maximum absolute atomic E-state index is 3.51. The van der Waals surface area contributed by atoms with E-state index in [-0.39, 0.29) is 0 Å². The molecule has 0 aromatic rings. The van der Waals surface area contributed by atoms with Crippen LogP contribution >= 0.6 is 15.9 Å². The first-order valence-electron chi connectivity index (χ1n) is 3.34. The molecule has 0 aliphatic heterocycles. The SMILES string of the molecule is CCC1=CCC(Br)C=C1. The lowest BCUT2D eigenvalue weighted by Gasteiger charge is -2.07. The molecule has 0 radical (unpaired) electrons. The van der Waals surface area contributed by atoms with E-state index in [0.717, 1.165) is 12.8 Å². The van der Waals surface area contributed by atoms with E-state index < -0.39 is 0 Å². The minimum atomic E-state index is 0.577. The third kappa shape index (κ3) is 1.98. The van der Waals surface area contributed by atoms with Gasteiger partial charge in [0.25, 0.3) is 0 Å². The lowest BCUT2D eigenvalue weighted by Crippen LogP contribution is -1.95. The monoisotopic (exact) mass is 186 g/mol. The van der Waals surface area contributed by atoms with Crippen molar-refractivity contribution in [2.24, 2.45) is 0 Å². The predicted octanol–water partition coefficient (Wildman–Crippen LogP) is 3.05. The van der Waals surface area contributed by atoms with E-state index in [1.807, 2.05) is 0 Å². The van der Waals surface area contributed by atoms with Crippen molar-refractivity contribution in [2.75, 3.05) is 0 Å². The normalized spacial score (nSPS) is 26.0. The van der Waals surface area contributed by atoms with Crippen molar-refractivity contribution in [3.63, 3.8) is 0 Å². The lowest BCUT2D eigenvalue weighted by molar-refractivity contribution is 1.01. The molecule has 50 valence electrons. The van der Waals surface area contributed by atoms with Gasteiger partial charge >= 0.3 is 0 Å². The molecule has 1 rings (SSSR count). The van der Waals surface area contributed by atoms with Gasteiger partial charge in [-0.15, -0.1) is 0 Å². The Morgan fingerprint density at radius 3 is 3.00 bits per heavy atom. The van der Waals surface area contributed by atoms with E-state index in [1.165, 1.54) is 5.57 Å². The molecule has 0 nitrogen and oxygen atoms in total. The highest BCUT2D eigenvalue weighted by Gasteiger charge is 2.01. The molecule has 1 aliphatic carbocycles. The Morgan fingerprint density at radius 1 is 1.78 bits per heavy atom. The van der Waals surface area contributed by atoms with Gasteiger partial charge in [-0.1, -0.05) is 46.7 Å². The maximum atomic E-state index is 3.51. The van der Waals surface area contributed by atoms with Crippen LogP contribution in [0.3, 0.4) is 0 Å². The molecule has 0 spiro atoms. The number of halogens is 1. The zero-order valence-electron chi connectivity index (χ0n) is 5.60. The average molecular weight is 187 g/mol. The van der Waals surface area contributed by atoms with Gasteiger partial charge in [-0.2, -0.15) is 0 Å². The molecule has 9 heavy (non-hydrogen) atoms. The summed E-state index contributed by atoms with van der Waals surface area (Å²) in [4.78, 5) is 0.577. The molecule has 0 heterocycles. The second-order valence-electron chi connectivity index (χ2n) is 2.24. The second-order valence-corrected chi connectivity index (χ2v) is 3.42. The third-order valence-corrected chi connectivity index (χ3v) is 2.21. The smallest absolute Gasteiger partial charge is 0.0363 e. The molecular weight excluding hydrogens is 176 g/mol. The van der Waals surface area contributed by atoms with Crippen LogP contribution in [0.15, 0.2) is 23.8 Å². The van der Waals surface area contributed by atoms with Gasteiger partial charge in [0.1, 0.15) is 0 Å². The molecule has 0 saturated carbocycles. The zero-order chi connectivity index (χ0) is 6.69. The van der Waals surface area contributed by atoms with Crippen molar-refractivity contribution in [1.82, 2.24) is 0 Å². The molecule has 0 aromatic carbocycles. The number of allylic oxidation sites excluding steroid dienone is 4. The van der Waals surface area contributed by atoms with E-state index in [1.54, 1.807) is 0 Å². The quantitative estimate of drug-likeness (QED) is 0.553. The fraction of sp³-hybridized carbons (Fsp3) is 0.500. The predicted molar refractivity (Wildman–Crippen MR) is 44.8 cm³/mol. The Balaban J connectivity index is 2.52. The van der Waals surface area contributed by atoms with Crippen molar-refractivity contribution >= 4 is 15.9 Å². The Morgan fingerprint density at radius 2 is 2.56 bits per heavy atom. The van der Waals surface area contributed by atoms with Crippen LogP contribution < -0.4 is 0 Å². The summed E-state index contributed by atoms with van der Waals surface area (Å²) in [6.07, 6.45) is 9.01. The standard InChI is InChI=1S/C8H11Br/c1-2-7-3-5-8(9)6-4-7/h3-5,8H,2,6H2,1H3. The van der Waals surface area contributed by atoms with Crippen LogP contribution in [-0.4, -0.2) is 4.83 Å². The highest BCUT2D eigenvalue weighted by molar-refractivity contribution is 9.09. The van der Waals surface area contributed by atoms with Crippen molar-refractivity contribution in [3.05, 3.63) is 23.8 Å². The summed E-state index contributed by atoms with van der Waals surface area (Å²) in [6.45, 7) is 2.19. The van der Waals surface area contributed by atoms with Gasteiger partial charge < -0.3 is 0 Å². The molecule has 1 atom stereocenters. The van der Waals surface area contributed by atoms with Crippen molar-refractivity contribution < 1.29 is 0 Å². The Kier molecular flexibility index (Phi) is 2.52. The van der Waals surface area contributed by atoms with E-state index >= 15 is 0 Å². The number of rotatable bonds is 1. The van der Waals surface area contributed by atoms with Gasteiger partial charge in [0, 0.05) is 4.83 Å². The zero-order valence-corrected chi connectivity index (χ0v) is 7.19. The summed E-state index contributed by atoms with van der Waals surface area (Å²) >= 11 is 3.51. The van der Waals surface area contributed by atoms with Gasteiger partial charge in [0.2, 0.25) is 0 Å². The van der Waals surface area contributed by atoms with E-state index in [0.29, 0.717) is 4.83 Å². The molecule has 0 saturated heterocycles. The van der Waals surface area contributed by atoms with E-state index in [4.69, 9.17) is 0 Å². The molecule has 1 heteroatoms. The topological polar surface area (TPSA) is 0 Å². The number of hydrogen-bond donors (Lipinski definition) is 0. The van der Waals surface area contributed by atoms with Crippen LogP contribution in [0, 0.1) is 0 Å². The first kappa shape index (κ1) is 7.07. The maximum Gasteiger partial charge on any atom is 0.0363 e. The summed E-state index contributed by atoms with van der Waals surface area (Å²) in [5.74, 6) is 0. The molecule has 1 unspecified atom stereocenters. The Hall–Kier alpha value is -0.0400. The highest BCUT2D eigenvalue weighted by atomic mass is 79.9. The molecular formula is C8H11Br. The summed E-state index contributed by atoms with van der Waals surface area (Å²) < 4.78 is 0. The molecule has 0 N–H and O–H groups in total. The molecule has 0 bridgehead atoms. The second kappa shape index (κ2) is 3.21. The fourth-order valence-electron chi connectivity index (χ4n) is 0.901. The van der Waals surface area contributed by atoms with Crippen molar-refractivity contribution in [2.45, 2.75) is 24.6 Å². The summed E-state index contributed by atoms with van der Waals surface area (Å²) in [7, 11) is 0. The van der Waals surface area contributed by atoms with Gasteiger partial charge in [-0.05, 0) is 12.8 Å². The van der Waals surface area contributed by atoms with Gasteiger partial charge in [0.15, 0.2) is 0 Å². The van der Waals surface area contributed by atoms with Crippen LogP contribution in [0.4, 0.5) is 0 Å². The van der Waals surface area contributed by atoms with Gasteiger partial charge in [0.05, 0.1) is 0 Å². The minimum Gasteiger partial charge on any atom is -0.0842 e. The largest absolute Gasteiger partial charge is 0.0842 e. The molecule has 0 fully saturated rings.